The Kier molecular flexibility index (Phi) is 5.83. The lowest BCUT2D eigenvalue weighted by Crippen LogP contribution is -2.32. The average molecular weight is 524 g/mol. The summed E-state index contributed by atoms with van der Waals surface area (Å²) in [5.74, 6) is 1.21. The molecule has 0 fully saturated rings. The van der Waals surface area contributed by atoms with E-state index in [1.54, 1.807) is 29.4 Å². The first-order valence-electron chi connectivity index (χ1n) is 11.2. The number of ether oxygens (including phenoxy) is 1. The van der Waals surface area contributed by atoms with Gasteiger partial charge in [-0.15, -0.1) is 23.1 Å². The monoisotopic (exact) mass is 523 g/mol. The van der Waals surface area contributed by atoms with Crippen LogP contribution in [0.15, 0.2) is 57.3 Å². The third kappa shape index (κ3) is 4.24. The van der Waals surface area contributed by atoms with Crippen LogP contribution in [-0.4, -0.2) is 26.8 Å². The number of hydrogen-bond donors (Lipinski definition) is 0. The molecular weight excluding hydrogens is 502 g/mol. The topological polar surface area (TPSA) is 61.0 Å². The van der Waals surface area contributed by atoms with E-state index in [1.165, 1.54) is 29.5 Å². The van der Waals surface area contributed by atoms with Crippen LogP contribution in [0.5, 0.6) is 0 Å². The van der Waals surface area contributed by atoms with Crippen molar-refractivity contribution in [3.05, 3.63) is 65.2 Å². The molecule has 0 aliphatic carbocycles. The third-order valence-electron chi connectivity index (χ3n) is 6.06. The van der Waals surface area contributed by atoms with Crippen molar-refractivity contribution in [2.75, 3.05) is 6.26 Å². The number of fused-ring (bicyclic) bond motifs is 5. The largest absolute Gasteiger partial charge is 0.463 e. The summed E-state index contributed by atoms with van der Waals surface area (Å²) in [6.07, 6.45) is 4.42. The van der Waals surface area contributed by atoms with E-state index in [4.69, 9.17) is 24.1 Å². The van der Waals surface area contributed by atoms with Crippen LogP contribution in [0.4, 0.5) is 4.39 Å². The van der Waals surface area contributed by atoms with Crippen molar-refractivity contribution in [1.82, 2.24) is 15.0 Å². The molecule has 4 aromatic heterocycles. The van der Waals surface area contributed by atoms with E-state index in [0.717, 1.165) is 59.6 Å². The first-order chi connectivity index (χ1) is 16.9. The van der Waals surface area contributed by atoms with Crippen LogP contribution in [-0.2, 0) is 23.5 Å². The number of benzene rings is 1. The Bertz CT molecular complexity index is 1550. The molecule has 6 rings (SSSR count). The molecule has 0 spiro atoms. The molecule has 0 bridgehead atoms. The number of nitrogens with zero attached hydrogens (tertiary/aromatic N) is 3. The van der Waals surface area contributed by atoms with Gasteiger partial charge in [0, 0.05) is 23.1 Å². The molecule has 0 N–H and O–H groups in total. The maximum absolute atomic E-state index is 13.4. The van der Waals surface area contributed by atoms with E-state index in [-0.39, 0.29) is 11.4 Å². The van der Waals surface area contributed by atoms with E-state index in [0.29, 0.717) is 12.4 Å². The predicted octanol–water partition coefficient (Wildman–Crippen LogP) is 7.50. The molecule has 1 aliphatic heterocycles. The zero-order chi connectivity index (χ0) is 24.2. The summed E-state index contributed by atoms with van der Waals surface area (Å²) in [6, 6.07) is 10.4. The lowest BCUT2D eigenvalue weighted by Gasteiger charge is -2.32. The Morgan fingerprint density at radius 1 is 1.09 bits per heavy atom. The summed E-state index contributed by atoms with van der Waals surface area (Å²) in [7, 11) is 0. The van der Waals surface area contributed by atoms with Gasteiger partial charge in [0.15, 0.2) is 10.9 Å². The standard InChI is InChI=1S/C26H22FN3O2S3/c1-26(2)11-16-17(12-32-26)20(18-5-4-10-31-18)28-23-19(16)21-22(35-23)24(30-25(29-21)33-3)34-13-14-6-8-15(27)9-7-14/h4-10H,11-13H2,1-3H3. The van der Waals surface area contributed by atoms with Crippen LogP contribution in [0, 0.1) is 5.82 Å². The van der Waals surface area contributed by atoms with Crippen LogP contribution >= 0.6 is 34.9 Å². The molecule has 0 radical (unpaired) electrons. The number of pyridine rings is 1. The highest BCUT2D eigenvalue weighted by Gasteiger charge is 2.32. The van der Waals surface area contributed by atoms with Gasteiger partial charge in [0.25, 0.3) is 0 Å². The predicted molar refractivity (Wildman–Crippen MR) is 141 cm³/mol. The fourth-order valence-electron chi connectivity index (χ4n) is 4.37. The van der Waals surface area contributed by atoms with E-state index < -0.39 is 0 Å². The molecule has 0 unspecified atom stereocenters. The molecule has 1 aromatic carbocycles. The quantitative estimate of drug-likeness (QED) is 0.134. The third-order valence-corrected chi connectivity index (χ3v) is 8.87. The Balaban J connectivity index is 1.56. The molecule has 9 heteroatoms. The van der Waals surface area contributed by atoms with E-state index in [2.05, 4.69) is 13.8 Å². The molecule has 5 heterocycles. The zero-order valence-corrected chi connectivity index (χ0v) is 21.9. The second kappa shape index (κ2) is 8.89. The van der Waals surface area contributed by atoms with E-state index in [9.17, 15) is 4.39 Å². The summed E-state index contributed by atoms with van der Waals surface area (Å²) < 4.78 is 26.3. The van der Waals surface area contributed by atoms with Crippen molar-refractivity contribution in [1.29, 1.82) is 0 Å². The minimum Gasteiger partial charge on any atom is -0.463 e. The smallest absolute Gasteiger partial charge is 0.189 e. The molecular formula is C26H22FN3O2S3. The number of aromatic nitrogens is 3. The van der Waals surface area contributed by atoms with Gasteiger partial charge in [0.05, 0.1) is 28.7 Å². The van der Waals surface area contributed by atoms with Gasteiger partial charge in [-0.3, -0.25) is 0 Å². The van der Waals surface area contributed by atoms with Gasteiger partial charge in [0.2, 0.25) is 0 Å². The number of hydrogen-bond acceptors (Lipinski definition) is 8. The number of thiophene rings is 1. The van der Waals surface area contributed by atoms with Crippen molar-refractivity contribution >= 4 is 55.3 Å². The Labute approximate surface area is 214 Å². The Hall–Kier alpha value is -2.46. The molecule has 0 saturated carbocycles. The van der Waals surface area contributed by atoms with Gasteiger partial charge in [-0.25, -0.2) is 19.3 Å². The fourth-order valence-corrected chi connectivity index (χ4v) is 7.00. The van der Waals surface area contributed by atoms with E-state index >= 15 is 0 Å². The maximum Gasteiger partial charge on any atom is 0.189 e. The summed E-state index contributed by atoms with van der Waals surface area (Å²) in [6.45, 7) is 4.72. The lowest BCUT2D eigenvalue weighted by molar-refractivity contribution is -0.0395. The number of rotatable bonds is 5. The number of furan rings is 1. The second-order valence-corrected chi connectivity index (χ2v) is 11.7. The molecule has 0 saturated heterocycles. The van der Waals surface area contributed by atoms with Crippen LogP contribution < -0.4 is 0 Å². The first kappa shape index (κ1) is 23.0. The van der Waals surface area contributed by atoms with Crippen LogP contribution in [0.1, 0.15) is 30.5 Å². The van der Waals surface area contributed by atoms with Crippen molar-refractivity contribution in [2.24, 2.45) is 0 Å². The van der Waals surface area contributed by atoms with Gasteiger partial charge in [-0.1, -0.05) is 23.9 Å². The van der Waals surface area contributed by atoms with Crippen LogP contribution in [0.25, 0.3) is 31.9 Å². The molecule has 178 valence electrons. The molecule has 5 nitrogen and oxygen atoms in total. The normalized spacial score (nSPS) is 15.1. The molecule has 0 atom stereocenters. The van der Waals surface area contributed by atoms with Crippen LogP contribution in [0.3, 0.4) is 0 Å². The summed E-state index contributed by atoms with van der Waals surface area (Å²) >= 11 is 4.80. The average Bonchev–Trinajstić information content (AvgIpc) is 3.50. The number of thioether (sulfide) groups is 2. The van der Waals surface area contributed by atoms with Gasteiger partial charge in [0.1, 0.15) is 21.4 Å². The Morgan fingerprint density at radius 3 is 2.66 bits per heavy atom. The fraction of sp³-hybridized carbons (Fsp3) is 0.269. The lowest BCUT2D eigenvalue weighted by atomic mass is 9.89. The molecule has 0 amide bonds. The van der Waals surface area contributed by atoms with Crippen LogP contribution in [0.2, 0.25) is 0 Å². The summed E-state index contributed by atoms with van der Waals surface area (Å²) in [5.41, 5.74) is 4.83. The molecule has 35 heavy (non-hydrogen) atoms. The van der Waals surface area contributed by atoms with Crippen molar-refractivity contribution in [3.63, 3.8) is 0 Å². The minimum absolute atomic E-state index is 0.229. The van der Waals surface area contributed by atoms with Gasteiger partial charge in [-0.05, 0) is 55.5 Å². The number of halogens is 1. The maximum atomic E-state index is 13.4. The SMILES string of the molecule is CSc1nc(SCc2ccc(F)cc2)c2sc3nc(-c4ccco4)c4c(c3c2n1)CC(C)(C)OC4. The van der Waals surface area contributed by atoms with Gasteiger partial charge < -0.3 is 9.15 Å². The van der Waals surface area contributed by atoms with E-state index in [1.807, 2.05) is 30.5 Å². The van der Waals surface area contributed by atoms with Crippen molar-refractivity contribution < 1.29 is 13.5 Å². The Morgan fingerprint density at radius 2 is 1.91 bits per heavy atom. The summed E-state index contributed by atoms with van der Waals surface area (Å²) in [4.78, 5) is 15.8. The molecule has 5 aromatic rings. The minimum atomic E-state index is -0.286. The first-order valence-corrected chi connectivity index (χ1v) is 14.2. The molecule has 1 aliphatic rings. The second-order valence-electron chi connectivity index (χ2n) is 9.01. The highest BCUT2D eigenvalue weighted by atomic mass is 32.2. The summed E-state index contributed by atoms with van der Waals surface area (Å²) in [5, 5.41) is 2.74. The highest BCUT2D eigenvalue weighted by molar-refractivity contribution is 7.99. The van der Waals surface area contributed by atoms with Crippen molar-refractivity contribution in [3.8, 4) is 11.5 Å². The van der Waals surface area contributed by atoms with Gasteiger partial charge in [-0.2, -0.15) is 0 Å². The van der Waals surface area contributed by atoms with Crippen molar-refractivity contribution in [2.45, 2.75) is 48.4 Å². The highest BCUT2D eigenvalue weighted by Crippen LogP contribution is 2.45. The van der Waals surface area contributed by atoms with Gasteiger partial charge >= 0.3 is 0 Å². The zero-order valence-electron chi connectivity index (χ0n) is 19.4.